The number of aromatic nitrogens is 1. The van der Waals surface area contributed by atoms with E-state index in [0.717, 1.165) is 11.1 Å². The van der Waals surface area contributed by atoms with Crippen LogP contribution in [0.4, 0.5) is 13.2 Å². The Kier molecular flexibility index (Phi) is 4.34. The first-order chi connectivity index (χ1) is 7.85. The molecule has 1 aromatic rings. The molecule has 1 rings (SSSR count). The van der Waals surface area contributed by atoms with Gasteiger partial charge in [-0.2, -0.15) is 13.2 Å². The lowest BCUT2D eigenvalue weighted by Crippen LogP contribution is -2.28. The topological polar surface area (TPSA) is 34.1 Å². The SMILES string of the molecule is COc1c(C)cnc(CNCC(F)(F)F)c1C. The zero-order valence-electron chi connectivity index (χ0n) is 9.98. The van der Waals surface area contributed by atoms with Crippen LogP contribution in [0.15, 0.2) is 6.20 Å². The standard InChI is InChI=1S/C11H15F3N2O/c1-7-4-16-9(8(2)10(7)17-3)5-15-6-11(12,13)14/h4,15H,5-6H2,1-3H3. The molecule has 17 heavy (non-hydrogen) atoms. The van der Waals surface area contributed by atoms with E-state index in [2.05, 4.69) is 10.3 Å². The van der Waals surface area contributed by atoms with Crippen molar-refractivity contribution in [2.45, 2.75) is 26.6 Å². The lowest BCUT2D eigenvalue weighted by atomic mass is 10.1. The fourth-order valence-electron chi connectivity index (χ4n) is 1.57. The maximum atomic E-state index is 12.0. The number of hydrogen-bond acceptors (Lipinski definition) is 3. The van der Waals surface area contributed by atoms with Gasteiger partial charge in [-0.25, -0.2) is 0 Å². The van der Waals surface area contributed by atoms with Gasteiger partial charge in [0.25, 0.3) is 0 Å². The smallest absolute Gasteiger partial charge is 0.401 e. The summed E-state index contributed by atoms with van der Waals surface area (Å²) < 4.78 is 41.1. The summed E-state index contributed by atoms with van der Waals surface area (Å²) in [5.74, 6) is 0.670. The molecule has 0 aromatic carbocycles. The molecular formula is C11H15F3N2O. The second kappa shape index (κ2) is 5.35. The van der Waals surface area contributed by atoms with E-state index in [0.29, 0.717) is 11.4 Å². The van der Waals surface area contributed by atoms with Gasteiger partial charge in [-0.05, 0) is 13.8 Å². The summed E-state index contributed by atoms with van der Waals surface area (Å²) in [4.78, 5) is 4.10. The van der Waals surface area contributed by atoms with Crippen molar-refractivity contribution in [1.29, 1.82) is 0 Å². The van der Waals surface area contributed by atoms with Gasteiger partial charge in [-0.1, -0.05) is 0 Å². The molecule has 0 radical (unpaired) electrons. The van der Waals surface area contributed by atoms with Crippen LogP contribution in [0.5, 0.6) is 5.75 Å². The van der Waals surface area contributed by atoms with E-state index in [1.54, 1.807) is 13.1 Å². The molecule has 0 bridgehead atoms. The Morgan fingerprint density at radius 3 is 2.53 bits per heavy atom. The summed E-state index contributed by atoms with van der Waals surface area (Å²) >= 11 is 0. The van der Waals surface area contributed by atoms with Gasteiger partial charge in [0, 0.05) is 23.9 Å². The van der Waals surface area contributed by atoms with E-state index in [1.807, 2.05) is 6.92 Å². The number of rotatable bonds is 4. The molecule has 1 aromatic heterocycles. The van der Waals surface area contributed by atoms with Crippen molar-refractivity contribution >= 4 is 0 Å². The van der Waals surface area contributed by atoms with Crippen LogP contribution in [-0.2, 0) is 6.54 Å². The first-order valence-corrected chi connectivity index (χ1v) is 5.11. The van der Waals surface area contributed by atoms with Crippen molar-refractivity contribution in [3.8, 4) is 5.75 Å². The van der Waals surface area contributed by atoms with E-state index in [4.69, 9.17) is 4.74 Å². The van der Waals surface area contributed by atoms with Crippen LogP contribution in [0, 0.1) is 13.8 Å². The maximum Gasteiger partial charge on any atom is 0.401 e. The van der Waals surface area contributed by atoms with Gasteiger partial charge in [0.15, 0.2) is 0 Å². The fourth-order valence-corrected chi connectivity index (χ4v) is 1.57. The molecule has 0 atom stereocenters. The maximum absolute atomic E-state index is 12.0. The molecule has 0 aliphatic rings. The van der Waals surface area contributed by atoms with Crippen LogP contribution < -0.4 is 10.1 Å². The van der Waals surface area contributed by atoms with Gasteiger partial charge in [0.05, 0.1) is 19.3 Å². The second-order valence-corrected chi connectivity index (χ2v) is 3.76. The molecule has 0 aliphatic heterocycles. The number of pyridine rings is 1. The zero-order valence-corrected chi connectivity index (χ0v) is 9.98. The molecule has 0 spiro atoms. The second-order valence-electron chi connectivity index (χ2n) is 3.76. The summed E-state index contributed by atoms with van der Waals surface area (Å²) in [7, 11) is 1.53. The number of methoxy groups -OCH3 is 1. The highest BCUT2D eigenvalue weighted by molar-refractivity contribution is 5.40. The van der Waals surface area contributed by atoms with Crippen molar-refractivity contribution in [1.82, 2.24) is 10.3 Å². The number of aryl methyl sites for hydroxylation is 1. The third-order valence-corrected chi connectivity index (χ3v) is 2.37. The molecule has 6 heteroatoms. The van der Waals surface area contributed by atoms with Gasteiger partial charge >= 0.3 is 6.18 Å². The van der Waals surface area contributed by atoms with E-state index in [9.17, 15) is 13.2 Å². The lowest BCUT2D eigenvalue weighted by Gasteiger charge is -2.13. The Hall–Kier alpha value is -1.30. The van der Waals surface area contributed by atoms with E-state index in [1.165, 1.54) is 7.11 Å². The molecule has 0 saturated carbocycles. The molecular weight excluding hydrogens is 233 g/mol. The molecule has 0 fully saturated rings. The summed E-state index contributed by atoms with van der Waals surface area (Å²) in [5.41, 5.74) is 2.20. The van der Waals surface area contributed by atoms with Crippen molar-refractivity contribution in [3.63, 3.8) is 0 Å². The molecule has 0 aliphatic carbocycles. The van der Waals surface area contributed by atoms with Gasteiger partial charge in [0.2, 0.25) is 0 Å². The summed E-state index contributed by atoms with van der Waals surface area (Å²) in [6.07, 6.45) is -2.61. The Morgan fingerprint density at radius 2 is 2.00 bits per heavy atom. The Morgan fingerprint density at radius 1 is 1.35 bits per heavy atom. The summed E-state index contributed by atoms with van der Waals surface area (Å²) in [6, 6.07) is 0. The van der Waals surface area contributed by atoms with Crippen LogP contribution in [0.3, 0.4) is 0 Å². The lowest BCUT2D eigenvalue weighted by molar-refractivity contribution is -0.125. The predicted molar refractivity (Wildman–Crippen MR) is 58.0 cm³/mol. The molecule has 1 heterocycles. The molecule has 0 amide bonds. The molecule has 0 unspecified atom stereocenters. The van der Waals surface area contributed by atoms with E-state index in [-0.39, 0.29) is 6.54 Å². The summed E-state index contributed by atoms with van der Waals surface area (Å²) in [6.45, 7) is 2.67. The number of alkyl halides is 3. The van der Waals surface area contributed by atoms with Gasteiger partial charge in [-0.3, -0.25) is 4.98 Å². The molecule has 96 valence electrons. The van der Waals surface area contributed by atoms with E-state index < -0.39 is 12.7 Å². The van der Waals surface area contributed by atoms with Crippen molar-refractivity contribution in [2.75, 3.05) is 13.7 Å². The predicted octanol–water partition coefficient (Wildman–Crippen LogP) is 2.36. The largest absolute Gasteiger partial charge is 0.496 e. The normalized spacial score (nSPS) is 11.6. The number of nitrogens with zero attached hydrogens (tertiary/aromatic N) is 1. The third-order valence-electron chi connectivity index (χ3n) is 2.37. The van der Waals surface area contributed by atoms with Crippen molar-refractivity contribution in [3.05, 3.63) is 23.0 Å². The van der Waals surface area contributed by atoms with Crippen molar-refractivity contribution < 1.29 is 17.9 Å². The average Bonchev–Trinajstić information content (AvgIpc) is 2.20. The van der Waals surface area contributed by atoms with Crippen LogP contribution in [0.25, 0.3) is 0 Å². The Balaban J connectivity index is 2.73. The minimum absolute atomic E-state index is 0.0714. The zero-order chi connectivity index (χ0) is 13.1. The highest BCUT2D eigenvalue weighted by Gasteiger charge is 2.26. The Bertz CT molecular complexity index is 391. The number of nitrogens with one attached hydrogen (secondary N) is 1. The number of hydrogen-bond donors (Lipinski definition) is 1. The minimum Gasteiger partial charge on any atom is -0.496 e. The molecule has 3 nitrogen and oxygen atoms in total. The fraction of sp³-hybridized carbons (Fsp3) is 0.545. The first-order valence-electron chi connectivity index (χ1n) is 5.11. The highest BCUT2D eigenvalue weighted by atomic mass is 19.4. The van der Waals surface area contributed by atoms with Crippen LogP contribution >= 0.6 is 0 Å². The molecule has 0 saturated heterocycles. The first kappa shape index (κ1) is 13.8. The minimum atomic E-state index is -4.21. The summed E-state index contributed by atoms with van der Waals surface area (Å²) in [5, 5.41) is 2.31. The van der Waals surface area contributed by atoms with Gasteiger partial charge in [-0.15, -0.1) is 0 Å². The van der Waals surface area contributed by atoms with E-state index >= 15 is 0 Å². The molecule has 1 N–H and O–H groups in total. The van der Waals surface area contributed by atoms with Crippen LogP contribution in [0.2, 0.25) is 0 Å². The van der Waals surface area contributed by atoms with Gasteiger partial charge in [0.1, 0.15) is 5.75 Å². The van der Waals surface area contributed by atoms with Gasteiger partial charge < -0.3 is 10.1 Å². The quantitative estimate of drug-likeness (QED) is 0.888. The average molecular weight is 248 g/mol. The third kappa shape index (κ3) is 3.89. The number of halogens is 3. The van der Waals surface area contributed by atoms with Crippen LogP contribution in [-0.4, -0.2) is 24.8 Å². The van der Waals surface area contributed by atoms with Crippen molar-refractivity contribution in [2.24, 2.45) is 0 Å². The van der Waals surface area contributed by atoms with Crippen LogP contribution in [0.1, 0.15) is 16.8 Å². The Labute approximate surface area is 98.0 Å². The monoisotopic (exact) mass is 248 g/mol. The highest BCUT2D eigenvalue weighted by Crippen LogP contribution is 2.23. The number of ether oxygens (including phenoxy) is 1.